The standard InChI is InChI=1S/C19H27N5O2/c1-14(2)26-17-9-6-5-8-16(17)23-19-21-12-15(13-22-19)18(25)20-10-7-11-24(3)4/h5-6,8-9,12-14H,7,10-11H2,1-4H3,(H,20,25)(H,21,22,23). The predicted molar refractivity (Wildman–Crippen MR) is 103 cm³/mol. The molecule has 0 atom stereocenters. The Hall–Kier alpha value is -2.67. The summed E-state index contributed by atoms with van der Waals surface area (Å²) in [5, 5.41) is 5.99. The molecule has 1 amide bonds. The monoisotopic (exact) mass is 357 g/mol. The van der Waals surface area contributed by atoms with Crippen LogP contribution in [0.4, 0.5) is 11.6 Å². The van der Waals surface area contributed by atoms with Crippen molar-refractivity contribution in [1.29, 1.82) is 0 Å². The minimum Gasteiger partial charge on any atom is -0.489 e. The second-order valence-corrected chi connectivity index (χ2v) is 6.50. The molecule has 140 valence electrons. The number of carbonyl (C=O) groups excluding carboxylic acids is 1. The summed E-state index contributed by atoms with van der Waals surface area (Å²) >= 11 is 0. The van der Waals surface area contributed by atoms with E-state index in [1.807, 2.05) is 52.2 Å². The predicted octanol–water partition coefficient (Wildman–Crippen LogP) is 2.69. The lowest BCUT2D eigenvalue weighted by Crippen LogP contribution is -2.27. The van der Waals surface area contributed by atoms with Gasteiger partial charge in [-0.2, -0.15) is 0 Å². The fourth-order valence-electron chi connectivity index (χ4n) is 2.26. The zero-order chi connectivity index (χ0) is 18.9. The van der Waals surface area contributed by atoms with Crippen LogP contribution in [0.15, 0.2) is 36.7 Å². The van der Waals surface area contributed by atoms with Crippen LogP contribution in [0.25, 0.3) is 0 Å². The lowest BCUT2D eigenvalue weighted by molar-refractivity contribution is 0.0951. The van der Waals surface area contributed by atoms with Crippen molar-refractivity contribution in [2.75, 3.05) is 32.5 Å². The number of hydrogen-bond acceptors (Lipinski definition) is 6. The first-order valence-electron chi connectivity index (χ1n) is 8.73. The number of para-hydroxylation sites is 2. The summed E-state index contributed by atoms with van der Waals surface area (Å²) in [5.74, 6) is 0.974. The minimum absolute atomic E-state index is 0.0671. The number of nitrogens with zero attached hydrogens (tertiary/aromatic N) is 3. The fourth-order valence-corrected chi connectivity index (χ4v) is 2.26. The molecule has 7 nitrogen and oxygen atoms in total. The van der Waals surface area contributed by atoms with Gasteiger partial charge in [0, 0.05) is 18.9 Å². The Morgan fingerprint density at radius 3 is 2.54 bits per heavy atom. The van der Waals surface area contributed by atoms with Gasteiger partial charge in [-0.15, -0.1) is 0 Å². The van der Waals surface area contributed by atoms with Crippen molar-refractivity contribution in [2.45, 2.75) is 26.4 Å². The molecular formula is C19H27N5O2. The third kappa shape index (κ3) is 6.33. The van der Waals surface area contributed by atoms with E-state index in [1.165, 1.54) is 12.4 Å². The van der Waals surface area contributed by atoms with Gasteiger partial charge in [-0.1, -0.05) is 12.1 Å². The molecule has 0 unspecified atom stereocenters. The lowest BCUT2D eigenvalue weighted by Gasteiger charge is -2.14. The number of hydrogen-bond donors (Lipinski definition) is 2. The SMILES string of the molecule is CC(C)Oc1ccccc1Nc1ncc(C(=O)NCCCN(C)C)cn1. The van der Waals surface area contributed by atoms with Crippen LogP contribution in [0.5, 0.6) is 5.75 Å². The Morgan fingerprint density at radius 2 is 1.88 bits per heavy atom. The third-order valence-corrected chi connectivity index (χ3v) is 3.48. The van der Waals surface area contributed by atoms with Gasteiger partial charge in [-0.3, -0.25) is 4.79 Å². The van der Waals surface area contributed by atoms with Crippen LogP contribution >= 0.6 is 0 Å². The number of carbonyl (C=O) groups is 1. The molecule has 0 radical (unpaired) electrons. The highest BCUT2D eigenvalue weighted by molar-refractivity contribution is 5.93. The first-order chi connectivity index (χ1) is 12.5. The number of rotatable bonds is 9. The summed E-state index contributed by atoms with van der Waals surface area (Å²) < 4.78 is 5.77. The second-order valence-electron chi connectivity index (χ2n) is 6.50. The molecule has 0 aliphatic carbocycles. The fraction of sp³-hybridized carbons (Fsp3) is 0.421. The molecule has 2 N–H and O–H groups in total. The molecule has 0 aliphatic rings. The van der Waals surface area contributed by atoms with Crippen LogP contribution in [-0.2, 0) is 0 Å². The number of nitrogens with one attached hydrogen (secondary N) is 2. The topological polar surface area (TPSA) is 79.4 Å². The number of amides is 1. The summed E-state index contributed by atoms with van der Waals surface area (Å²) in [5.41, 5.74) is 1.22. The molecule has 0 spiro atoms. The molecule has 0 saturated heterocycles. The Balaban J connectivity index is 1.94. The summed E-state index contributed by atoms with van der Waals surface area (Å²) in [7, 11) is 4.01. The van der Waals surface area contributed by atoms with Crippen molar-refractivity contribution < 1.29 is 9.53 Å². The van der Waals surface area contributed by atoms with Crippen molar-refractivity contribution in [3.63, 3.8) is 0 Å². The van der Waals surface area contributed by atoms with Gasteiger partial charge in [0.15, 0.2) is 0 Å². The van der Waals surface area contributed by atoms with Gasteiger partial charge in [-0.05, 0) is 53.0 Å². The summed E-state index contributed by atoms with van der Waals surface area (Å²) in [6.07, 6.45) is 3.99. The highest BCUT2D eigenvalue weighted by Gasteiger charge is 2.09. The highest BCUT2D eigenvalue weighted by atomic mass is 16.5. The van der Waals surface area contributed by atoms with Gasteiger partial charge < -0.3 is 20.3 Å². The van der Waals surface area contributed by atoms with Gasteiger partial charge in [0.05, 0.1) is 17.4 Å². The summed E-state index contributed by atoms with van der Waals surface area (Å²) in [6, 6.07) is 7.60. The van der Waals surface area contributed by atoms with E-state index in [0.717, 1.165) is 24.4 Å². The van der Waals surface area contributed by atoms with Crippen molar-refractivity contribution >= 4 is 17.5 Å². The van der Waals surface area contributed by atoms with E-state index in [4.69, 9.17) is 4.74 Å². The normalized spacial score (nSPS) is 10.8. The summed E-state index contributed by atoms with van der Waals surface area (Å²) in [6.45, 7) is 5.49. The van der Waals surface area contributed by atoms with E-state index in [0.29, 0.717) is 18.1 Å². The van der Waals surface area contributed by atoms with E-state index in [1.54, 1.807) is 0 Å². The molecule has 0 fully saturated rings. The molecule has 7 heteroatoms. The molecule has 26 heavy (non-hydrogen) atoms. The number of ether oxygens (including phenoxy) is 1. The van der Waals surface area contributed by atoms with Gasteiger partial charge >= 0.3 is 0 Å². The van der Waals surface area contributed by atoms with E-state index in [-0.39, 0.29) is 12.0 Å². The van der Waals surface area contributed by atoms with Gasteiger partial charge in [-0.25, -0.2) is 9.97 Å². The molecular weight excluding hydrogens is 330 g/mol. The number of aromatic nitrogens is 2. The van der Waals surface area contributed by atoms with Crippen LogP contribution < -0.4 is 15.4 Å². The molecule has 0 saturated carbocycles. The maximum atomic E-state index is 12.1. The zero-order valence-corrected chi connectivity index (χ0v) is 15.8. The van der Waals surface area contributed by atoms with Crippen molar-refractivity contribution in [3.8, 4) is 5.75 Å². The molecule has 0 bridgehead atoms. The second kappa shape index (κ2) is 9.72. The van der Waals surface area contributed by atoms with Crippen LogP contribution in [0.3, 0.4) is 0 Å². The highest BCUT2D eigenvalue weighted by Crippen LogP contribution is 2.26. The molecule has 0 aliphatic heterocycles. The smallest absolute Gasteiger partial charge is 0.254 e. The minimum atomic E-state index is -0.168. The van der Waals surface area contributed by atoms with Crippen LogP contribution in [0, 0.1) is 0 Å². The zero-order valence-electron chi connectivity index (χ0n) is 15.8. The lowest BCUT2D eigenvalue weighted by atomic mass is 10.3. The largest absolute Gasteiger partial charge is 0.489 e. The van der Waals surface area contributed by atoms with E-state index < -0.39 is 0 Å². The van der Waals surface area contributed by atoms with Crippen LogP contribution in [0.1, 0.15) is 30.6 Å². The molecule has 1 aromatic heterocycles. The maximum absolute atomic E-state index is 12.1. The van der Waals surface area contributed by atoms with Gasteiger partial charge in [0.25, 0.3) is 5.91 Å². The molecule has 2 aromatic rings. The Labute approximate surface area is 154 Å². The van der Waals surface area contributed by atoms with Crippen molar-refractivity contribution in [3.05, 3.63) is 42.2 Å². The first-order valence-corrected chi connectivity index (χ1v) is 8.73. The van der Waals surface area contributed by atoms with Crippen molar-refractivity contribution in [1.82, 2.24) is 20.2 Å². The van der Waals surface area contributed by atoms with E-state index in [2.05, 4.69) is 25.5 Å². The molecule has 1 heterocycles. The van der Waals surface area contributed by atoms with Gasteiger partial charge in [0.2, 0.25) is 5.95 Å². The Kier molecular flexibility index (Phi) is 7.35. The Bertz CT molecular complexity index is 701. The third-order valence-electron chi connectivity index (χ3n) is 3.48. The van der Waals surface area contributed by atoms with Crippen molar-refractivity contribution in [2.24, 2.45) is 0 Å². The maximum Gasteiger partial charge on any atom is 0.254 e. The molecule has 1 aromatic carbocycles. The average Bonchev–Trinajstić information content (AvgIpc) is 2.60. The van der Waals surface area contributed by atoms with Crippen LogP contribution in [0.2, 0.25) is 0 Å². The average molecular weight is 357 g/mol. The Morgan fingerprint density at radius 1 is 1.19 bits per heavy atom. The van der Waals surface area contributed by atoms with Crippen LogP contribution in [-0.4, -0.2) is 54.1 Å². The number of anilines is 2. The summed E-state index contributed by atoms with van der Waals surface area (Å²) in [4.78, 5) is 22.6. The molecule has 2 rings (SSSR count). The van der Waals surface area contributed by atoms with E-state index >= 15 is 0 Å². The number of benzene rings is 1. The first kappa shape index (κ1) is 19.7. The van der Waals surface area contributed by atoms with E-state index in [9.17, 15) is 4.79 Å². The van der Waals surface area contributed by atoms with Gasteiger partial charge in [0.1, 0.15) is 5.75 Å². The quantitative estimate of drug-likeness (QED) is 0.672.